The molecule has 0 fully saturated rings. The Morgan fingerprint density at radius 1 is 0.968 bits per heavy atom. The second-order valence-electron chi connectivity index (χ2n) is 6.91. The molecule has 0 saturated carbocycles. The standard InChI is InChI=1S/C23H21N3O5/c1-15-6-5-7-17(12-15)24-23(28)19-8-3-4-9-20(19)25-22(27)14-31-18-10-11-21(26(29)30)16(2)13-18/h3-13H,14H2,1-2H3,(H,24,28)(H,25,27). The van der Waals surface area contributed by atoms with Crippen LogP contribution in [0.5, 0.6) is 5.75 Å². The van der Waals surface area contributed by atoms with Gasteiger partial charge in [0.05, 0.1) is 16.2 Å². The van der Waals surface area contributed by atoms with Crippen LogP contribution >= 0.6 is 0 Å². The summed E-state index contributed by atoms with van der Waals surface area (Å²) in [6, 6.07) is 18.3. The molecule has 3 rings (SSSR count). The van der Waals surface area contributed by atoms with Crippen molar-refractivity contribution in [3.8, 4) is 5.75 Å². The molecule has 8 nitrogen and oxygen atoms in total. The maximum absolute atomic E-state index is 12.7. The Bertz CT molecular complexity index is 1140. The van der Waals surface area contributed by atoms with Crippen molar-refractivity contribution in [2.24, 2.45) is 0 Å². The highest BCUT2D eigenvalue weighted by Gasteiger charge is 2.15. The molecule has 8 heteroatoms. The Morgan fingerprint density at radius 2 is 1.74 bits per heavy atom. The number of benzene rings is 3. The average Bonchev–Trinajstić information content (AvgIpc) is 2.72. The lowest BCUT2D eigenvalue weighted by molar-refractivity contribution is -0.385. The van der Waals surface area contributed by atoms with Crippen LogP contribution in [0.25, 0.3) is 0 Å². The van der Waals surface area contributed by atoms with E-state index in [0.29, 0.717) is 28.3 Å². The first kappa shape index (κ1) is 21.5. The number of ether oxygens (including phenoxy) is 1. The number of hydrogen-bond donors (Lipinski definition) is 2. The molecule has 0 aliphatic heterocycles. The highest BCUT2D eigenvalue weighted by atomic mass is 16.6. The number of carbonyl (C=O) groups excluding carboxylic acids is 2. The monoisotopic (exact) mass is 419 g/mol. The number of hydrogen-bond acceptors (Lipinski definition) is 5. The number of nitro groups is 1. The summed E-state index contributed by atoms with van der Waals surface area (Å²) in [5, 5.41) is 16.4. The van der Waals surface area contributed by atoms with Gasteiger partial charge < -0.3 is 15.4 Å². The Balaban J connectivity index is 1.65. The molecule has 0 radical (unpaired) electrons. The molecular weight excluding hydrogens is 398 g/mol. The topological polar surface area (TPSA) is 111 Å². The molecule has 0 atom stereocenters. The SMILES string of the molecule is Cc1cccc(NC(=O)c2ccccc2NC(=O)COc2ccc([N+](=O)[O-])c(C)c2)c1. The number of nitro benzene ring substituents is 1. The van der Waals surface area contributed by atoms with Gasteiger partial charge in [0, 0.05) is 17.3 Å². The van der Waals surface area contributed by atoms with Gasteiger partial charge in [0.25, 0.3) is 17.5 Å². The van der Waals surface area contributed by atoms with Gasteiger partial charge in [-0.05, 0) is 55.8 Å². The van der Waals surface area contributed by atoms with E-state index in [2.05, 4.69) is 10.6 Å². The quantitative estimate of drug-likeness (QED) is 0.433. The predicted molar refractivity (Wildman–Crippen MR) is 118 cm³/mol. The van der Waals surface area contributed by atoms with Crippen molar-refractivity contribution in [1.82, 2.24) is 0 Å². The van der Waals surface area contributed by atoms with Crippen molar-refractivity contribution in [3.63, 3.8) is 0 Å². The van der Waals surface area contributed by atoms with Crippen LogP contribution in [0.15, 0.2) is 66.7 Å². The molecule has 0 bridgehead atoms. The molecule has 0 aliphatic carbocycles. The summed E-state index contributed by atoms with van der Waals surface area (Å²) >= 11 is 0. The van der Waals surface area contributed by atoms with Gasteiger partial charge in [-0.15, -0.1) is 0 Å². The van der Waals surface area contributed by atoms with E-state index in [9.17, 15) is 19.7 Å². The van der Waals surface area contributed by atoms with E-state index in [0.717, 1.165) is 5.56 Å². The van der Waals surface area contributed by atoms with E-state index in [1.54, 1.807) is 37.3 Å². The van der Waals surface area contributed by atoms with Crippen molar-refractivity contribution in [3.05, 3.63) is 93.5 Å². The molecular formula is C23H21N3O5. The fraction of sp³-hybridized carbons (Fsp3) is 0.130. The summed E-state index contributed by atoms with van der Waals surface area (Å²) in [5.41, 5.74) is 2.73. The maximum Gasteiger partial charge on any atom is 0.272 e. The smallest absolute Gasteiger partial charge is 0.272 e. The third-order valence-corrected chi connectivity index (χ3v) is 4.46. The van der Waals surface area contributed by atoms with Crippen LogP contribution in [-0.2, 0) is 4.79 Å². The minimum Gasteiger partial charge on any atom is -0.484 e. The molecule has 0 aromatic heterocycles. The summed E-state index contributed by atoms with van der Waals surface area (Å²) in [5.74, 6) is -0.482. The first-order chi connectivity index (χ1) is 14.8. The molecule has 158 valence electrons. The molecule has 3 aromatic rings. The first-order valence-electron chi connectivity index (χ1n) is 9.48. The van der Waals surface area contributed by atoms with E-state index in [1.807, 2.05) is 25.1 Å². The van der Waals surface area contributed by atoms with Crippen LogP contribution in [0.2, 0.25) is 0 Å². The van der Waals surface area contributed by atoms with E-state index in [-0.39, 0.29) is 18.2 Å². The number of rotatable bonds is 7. The maximum atomic E-state index is 12.7. The molecule has 3 aromatic carbocycles. The fourth-order valence-corrected chi connectivity index (χ4v) is 2.97. The zero-order valence-corrected chi connectivity index (χ0v) is 17.0. The van der Waals surface area contributed by atoms with E-state index in [4.69, 9.17) is 4.74 Å². The third kappa shape index (κ3) is 5.66. The van der Waals surface area contributed by atoms with Gasteiger partial charge in [0.2, 0.25) is 0 Å². The van der Waals surface area contributed by atoms with Crippen molar-refractivity contribution in [2.45, 2.75) is 13.8 Å². The summed E-state index contributed by atoms with van der Waals surface area (Å²) in [6.07, 6.45) is 0. The van der Waals surface area contributed by atoms with Crippen molar-refractivity contribution in [1.29, 1.82) is 0 Å². The minimum absolute atomic E-state index is 0.0228. The van der Waals surface area contributed by atoms with Gasteiger partial charge in [-0.2, -0.15) is 0 Å². The molecule has 0 unspecified atom stereocenters. The van der Waals surface area contributed by atoms with E-state index >= 15 is 0 Å². The molecule has 2 amide bonds. The van der Waals surface area contributed by atoms with Crippen molar-refractivity contribution in [2.75, 3.05) is 17.2 Å². The number of nitrogens with one attached hydrogen (secondary N) is 2. The number of aryl methyl sites for hydroxylation is 2. The van der Waals surface area contributed by atoms with Crippen LogP contribution in [0.1, 0.15) is 21.5 Å². The van der Waals surface area contributed by atoms with Gasteiger partial charge in [0.15, 0.2) is 6.61 Å². The van der Waals surface area contributed by atoms with Crippen LogP contribution < -0.4 is 15.4 Å². The van der Waals surface area contributed by atoms with Gasteiger partial charge >= 0.3 is 0 Å². The zero-order chi connectivity index (χ0) is 22.4. The second-order valence-corrected chi connectivity index (χ2v) is 6.91. The van der Waals surface area contributed by atoms with Crippen molar-refractivity contribution >= 4 is 28.9 Å². The van der Waals surface area contributed by atoms with Gasteiger partial charge in [0.1, 0.15) is 5.75 Å². The Morgan fingerprint density at radius 3 is 2.45 bits per heavy atom. The van der Waals surface area contributed by atoms with Crippen molar-refractivity contribution < 1.29 is 19.2 Å². The lowest BCUT2D eigenvalue weighted by Crippen LogP contribution is -2.22. The number of nitrogens with zero attached hydrogens (tertiary/aromatic N) is 1. The lowest BCUT2D eigenvalue weighted by atomic mass is 10.1. The highest BCUT2D eigenvalue weighted by molar-refractivity contribution is 6.10. The van der Waals surface area contributed by atoms with Gasteiger partial charge in [-0.1, -0.05) is 24.3 Å². The number of para-hydroxylation sites is 1. The van der Waals surface area contributed by atoms with Crippen LogP contribution in [-0.4, -0.2) is 23.3 Å². The first-order valence-corrected chi connectivity index (χ1v) is 9.48. The van der Waals surface area contributed by atoms with Crippen LogP contribution in [0.4, 0.5) is 17.1 Å². The predicted octanol–water partition coefficient (Wildman–Crippen LogP) is 4.48. The molecule has 0 saturated heterocycles. The van der Waals surface area contributed by atoms with E-state index < -0.39 is 10.8 Å². The van der Waals surface area contributed by atoms with Gasteiger partial charge in [-0.25, -0.2) is 0 Å². The number of amides is 2. The molecule has 0 spiro atoms. The summed E-state index contributed by atoms with van der Waals surface area (Å²) in [7, 11) is 0. The number of carbonyl (C=O) groups is 2. The normalized spacial score (nSPS) is 10.3. The van der Waals surface area contributed by atoms with E-state index in [1.165, 1.54) is 18.2 Å². The summed E-state index contributed by atoms with van der Waals surface area (Å²) in [4.78, 5) is 35.4. The zero-order valence-electron chi connectivity index (χ0n) is 17.0. The molecule has 0 heterocycles. The Kier molecular flexibility index (Phi) is 6.61. The number of anilines is 2. The lowest BCUT2D eigenvalue weighted by Gasteiger charge is -2.12. The Labute approximate surface area is 179 Å². The minimum atomic E-state index is -0.482. The largest absolute Gasteiger partial charge is 0.484 e. The summed E-state index contributed by atoms with van der Waals surface area (Å²) in [6.45, 7) is 3.20. The molecule has 0 aliphatic rings. The second kappa shape index (κ2) is 9.53. The van der Waals surface area contributed by atoms with Gasteiger partial charge in [-0.3, -0.25) is 19.7 Å². The highest BCUT2D eigenvalue weighted by Crippen LogP contribution is 2.23. The molecule has 2 N–H and O–H groups in total. The Hall–Kier alpha value is -4.20. The van der Waals surface area contributed by atoms with Crippen LogP contribution in [0.3, 0.4) is 0 Å². The average molecular weight is 419 g/mol. The third-order valence-electron chi connectivity index (χ3n) is 4.46. The molecule has 31 heavy (non-hydrogen) atoms. The summed E-state index contributed by atoms with van der Waals surface area (Å²) < 4.78 is 5.43. The fourth-order valence-electron chi connectivity index (χ4n) is 2.97. The van der Waals surface area contributed by atoms with Crippen LogP contribution in [0, 0.1) is 24.0 Å².